The molecule has 2 N–H and O–H groups in total. The fourth-order valence-corrected chi connectivity index (χ4v) is 1.73. The molecule has 0 spiro atoms. The molecule has 0 radical (unpaired) electrons. The summed E-state index contributed by atoms with van der Waals surface area (Å²) in [5, 5.41) is 0. The molecule has 0 aromatic heterocycles. The molecule has 2 rings (SSSR count). The van der Waals surface area contributed by atoms with Gasteiger partial charge in [-0.15, -0.1) is 0 Å². The molecule has 0 bridgehead atoms. The molecule has 8 heavy (non-hydrogen) atoms. The lowest BCUT2D eigenvalue weighted by Crippen LogP contribution is -2.42. The highest BCUT2D eigenvalue weighted by Gasteiger charge is 2.35. The van der Waals surface area contributed by atoms with E-state index >= 15 is 0 Å². The maximum atomic E-state index is 5.71. The molecule has 2 heteroatoms. The molecular weight excluding hydrogens is 100 g/mol. The van der Waals surface area contributed by atoms with E-state index in [1.54, 1.807) is 0 Å². The van der Waals surface area contributed by atoms with Gasteiger partial charge in [0, 0.05) is 18.6 Å². The fraction of sp³-hybridized carbons (Fsp3) is 1.00. The largest absolute Gasteiger partial charge is 0.326 e. The van der Waals surface area contributed by atoms with E-state index in [2.05, 4.69) is 4.90 Å². The van der Waals surface area contributed by atoms with Crippen molar-refractivity contribution in [2.75, 3.05) is 13.1 Å². The van der Waals surface area contributed by atoms with Gasteiger partial charge in [-0.05, 0) is 19.4 Å². The smallest absolute Gasteiger partial charge is 0.0182 e. The molecule has 0 aromatic carbocycles. The molecule has 2 nitrogen and oxygen atoms in total. The highest BCUT2D eigenvalue weighted by atomic mass is 15.2. The Hall–Kier alpha value is -0.0800. The SMILES string of the molecule is NC1CC2CCN2C1. The van der Waals surface area contributed by atoms with Crippen molar-refractivity contribution in [2.24, 2.45) is 5.73 Å². The lowest BCUT2D eigenvalue weighted by molar-refractivity contribution is 0.140. The summed E-state index contributed by atoms with van der Waals surface area (Å²) < 4.78 is 0. The summed E-state index contributed by atoms with van der Waals surface area (Å²) in [5.74, 6) is 0. The van der Waals surface area contributed by atoms with Crippen LogP contribution in [0.2, 0.25) is 0 Å². The molecule has 0 amide bonds. The van der Waals surface area contributed by atoms with Crippen LogP contribution in [0.4, 0.5) is 0 Å². The van der Waals surface area contributed by atoms with E-state index in [1.807, 2.05) is 0 Å². The summed E-state index contributed by atoms with van der Waals surface area (Å²) >= 11 is 0. The zero-order valence-electron chi connectivity index (χ0n) is 5.01. The minimum absolute atomic E-state index is 0.488. The van der Waals surface area contributed by atoms with Gasteiger partial charge in [0.1, 0.15) is 0 Å². The van der Waals surface area contributed by atoms with E-state index in [0.717, 1.165) is 12.6 Å². The van der Waals surface area contributed by atoms with Gasteiger partial charge in [0.2, 0.25) is 0 Å². The fourth-order valence-electron chi connectivity index (χ4n) is 1.73. The summed E-state index contributed by atoms with van der Waals surface area (Å²) in [7, 11) is 0. The molecular formula is C6H12N2. The molecule has 2 atom stereocenters. The van der Waals surface area contributed by atoms with Gasteiger partial charge in [0.25, 0.3) is 0 Å². The molecule has 0 aromatic rings. The number of fused-ring (bicyclic) bond motifs is 1. The van der Waals surface area contributed by atoms with Crippen molar-refractivity contribution < 1.29 is 0 Å². The number of nitrogens with zero attached hydrogens (tertiary/aromatic N) is 1. The predicted molar refractivity (Wildman–Crippen MR) is 32.6 cm³/mol. The van der Waals surface area contributed by atoms with Crippen molar-refractivity contribution in [1.29, 1.82) is 0 Å². The van der Waals surface area contributed by atoms with Crippen LogP contribution in [0.15, 0.2) is 0 Å². The third-order valence-corrected chi connectivity index (χ3v) is 2.31. The van der Waals surface area contributed by atoms with E-state index in [-0.39, 0.29) is 0 Å². The Bertz CT molecular complexity index is 90.7. The Morgan fingerprint density at radius 3 is 2.62 bits per heavy atom. The van der Waals surface area contributed by atoms with E-state index in [0.29, 0.717) is 6.04 Å². The third kappa shape index (κ3) is 0.501. The predicted octanol–water partition coefficient (Wildman–Crippen LogP) is -0.208. The van der Waals surface area contributed by atoms with E-state index in [4.69, 9.17) is 5.73 Å². The maximum absolute atomic E-state index is 5.71. The Morgan fingerprint density at radius 2 is 2.38 bits per heavy atom. The average Bonchev–Trinajstić information content (AvgIpc) is 1.91. The second-order valence-corrected chi connectivity index (χ2v) is 2.93. The first-order chi connectivity index (χ1) is 3.86. The molecule has 0 aliphatic carbocycles. The topological polar surface area (TPSA) is 29.3 Å². The number of nitrogens with two attached hydrogens (primary N) is 1. The minimum atomic E-state index is 0.488. The molecule has 2 aliphatic rings. The van der Waals surface area contributed by atoms with Gasteiger partial charge in [-0.1, -0.05) is 0 Å². The zero-order valence-corrected chi connectivity index (χ0v) is 5.01. The van der Waals surface area contributed by atoms with E-state index < -0.39 is 0 Å². The van der Waals surface area contributed by atoms with Crippen molar-refractivity contribution in [3.05, 3.63) is 0 Å². The Balaban J connectivity index is 2.00. The normalized spacial score (nSPS) is 46.1. The average molecular weight is 112 g/mol. The summed E-state index contributed by atoms with van der Waals surface area (Å²) in [5.41, 5.74) is 5.71. The molecule has 2 aliphatic heterocycles. The number of rotatable bonds is 0. The monoisotopic (exact) mass is 112 g/mol. The lowest BCUT2D eigenvalue weighted by Gasteiger charge is -2.34. The Kier molecular flexibility index (Phi) is 0.866. The Labute approximate surface area is 49.7 Å². The second kappa shape index (κ2) is 1.45. The van der Waals surface area contributed by atoms with Crippen LogP contribution in [0.5, 0.6) is 0 Å². The first-order valence-electron chi connectivity index (χ1n) is 3.36. The Morgan fingerprint density at radius 1 is 1.50 bits per heavy atom. The molecule has 0 saturated carbocycles. The van der Waals surface area contributed by atoms with Crippen LogP contribution in [0, 0.1) is 0 Å². The first kappa shape index (κ1) is 4.77. The van der Waals surface area contributed by atoms with Crippen LogP contribution in [0.1, 0.15) is 12.8 Å². The van der Waals surface area contributed by atoms with Crippen LogP contribution in [-0.2, 0) is 0 Å². The molecule has 46 valence electrons. The van der Waals surface area contributed by atoms with Crippen LogP contribution in [0.25, 0.3) is 0 Å². The van der Waals surface area contributed by atoms with Crippen molar-refractivity contribution in [2.45, 2.75) is 24.9 Å². The molecule has 2 fully saturated rings. The highest BCUT2D eigenvalue weighted by molar-refractivity contribution is 4.94. The maximum Gasteiger partial charge on any atom is 0.0182 e. The summed E-state index contributed by atoms with van der Waals surface area (Å²) in [4.78, 5) is 2.48. The van der Waals surface area contributed by atoms with E-state index in [9.17, 15) is 0 Å². The van der Waals surface area contributed by atoms with Gasteiger partial charge < -0.3 is 5.73 Å². The molecule has 2 saturated heterocycles. The van der Waals surface area contributed by atoms with Gasteiger partial charge in [0.05, 0.1) is 0 Å². The van der Waals surface area contributed by atoms with Gasteiger partial charge in [0.15, 0.2) is 0 Å². The second-order valence-electron chi connectivity index (χ2n) is 2.93. The summed E-state index contributed by atoms with van der Waals surface area (Å²) in [6.07, 6.45) is 2.65. The third-order valence-electron chi connectivity index (χ3n) is 2.31. The lowest BCUT2D eigenvalue weighted by atomic mass is 10.0. The number of hydrogen-bond acceptors (Lipinski definition) is 2. The van der Waals surface area contributed by atoms with Gasteiger partial charge in [-0.2, -0.15) is 0 Å². The van der Waals surface area contributed by atoms with Gasteiger partial charge >= 0.3 is 0 Å². The standard InChI is InChI=1S/C6H12N2/c7-5-3-6-1-2-8(6)4-5/h5-6H,1-4,7H2. The van der Waals surface area contributed by atoms with E-state index in [1.165, 1.54) is 19.4 Å². The van der Waals surface area contributed by atoms with Crippen LogP contribution < -0.4 is 5.73 Å². The van der Waals surface area contributed by atoms with Crippen molar-refractivity contribution >= 4 is 0 Å². The molecule has 2 heterocycles. The van der Waals surface area contributed by atoms with Crippen LogP contribution >= 0.6 is 0 Å². The van der Waals surface area contributed by atoms with Crippen molar-refractivity contribution in [3.63, 3.8) is 0 Å². The van der Waals surface area contributed by atoms with Crippen LogP contribution in [-0.4, -0.2) is 30.1 Å². The van der Waals surface area contributed by atoms with Crippen molar-refractivity contribution in [3.8, 4) is 0 Å². The molecule has 2 unspecified atom stereocenters. The quantitative estimate of drug-likeness (QED) is 0.470. The first-order valence-corrected chi connectivity index (χ1v) is 3.36. The summed E-state index contributed by atoms with van der Waals surface area (Å²) in [6, 6.07) is 1.37. The van der Waals surface area contributed by atoms with Gasteiger partial charge in [-0.25, -0.2) is 0 Å². The van der Waals surface area contributed by atoms with Gasteiger partial charge in [-0.3, -0.25) is 4.90 Å². The van der Waals surface area contributed by atoms with Crippen LogP contribution in [0.3, 0.4) is 0 Å². The number of hydrogen-bond donors (Lipinski definition) is 1. The minimum Gasteiger partial charge on any atom is -0.326 e. The van der Waals surface area contributed by atoms with Crippen molar-refractivity contribution in [1.82, 2.24) is 4.90 Å². The highest BCUT2D eigenvalue weighted by Crippen LogP contribution is 2.27. The zero-order chi connectivity index (χ0) is 5.56. The summed E-state index contributed by atoms with van der Waals surface area (Å²) in [6.45, 7) is 2.46.